The summed E-state index contributed by atoms with van der Waals surface area (Å²) in [7, 11) is 0. The van der Waals surface area contributed by atoms with Gasteiger partial charge in [-0.1, -0.05) is 35.9 Å². The van der Waals surface area contributed by atoms with Crippen LogP contribution in [0.15, 0.2) is 42.6 Å². The van der Waals surface area contributed by atoms with Gasteiger partial charge >= 0.3 is 5.97 Å². The van der Waals surface area contributed by atoms with E-state index in [1.54, 1.807) is 31.2 Å². The van der Waals surface area contributed by atoms with Gasteiger partial charge in [-0.05, 0) is 24.6 Å². The van der Waals surface area contributed by atoms with Crippen LogP contribution in [-0.4, -0.2) is 22.7 Å². The zero-order chi connectivity index (χ0) is 17.3. The van der Waals surface area contributed by atoms with Gasteiger partial charge in [0.25, 0.3) is 0 Å². The van der Waals surface area contributed by atoms with Crippen molar-refractivity contribution in [1.82, 2.24) is 4.98 Å². The molecule has 0 bridgehead atoms. The lowest BCUT2D eigenvalue weighted by Crippen LogP contribution is -2.06. The number of fused-ring (bicyclic) bond motifs is 1. The number of hydrogen-bond acceptors (Lipinski definition) is 4. The first-order chi connectivity index (χ1) is 11.5. The summed E-state index contributed by atoms with van der Waals surface area (Å²) in [6, 6.07) is 9.32. The third-order valence-electron chi connectivity index (χ3n) is 3.59. The van der Waals surface area contributed by atoms with E-state index < -0.39 is 17.5 Å². The minimum atomic E-state index is -0.723. The topological polar surface area (TPSA) is 59.4 Å². The van der Waals surface area contributed by atoms with E-state index in [4.69, 9.17) is 16.3 Å². The maximum atomic E-state index is 13.6. The Bertz CT molecular complexity index is 943. The molecule has 0 saturated carbocycles. The number of nitrogens with zero attached hydrogens (tertiary/aromatic N) is 1. The third-order valence-corrected chi connectivity index (χ3v) is 3.99. The third kappa shape index (κ3) is 2.78. The van der Waals surface area contributed by atoms with Gasteiger partial charge in [-0.3, -0.25) is 4.98 Å². The molecular formula is C18H13ClFNO3. The van der Waals surface area contributed by atoms with Gasteiger partial charge in [-0.25, -0.2) is 9.18 Å². The molecule has 0 amide bonds. The number of esters is 1. The Hall–Kier alpha value is -2.66. The lowest BCUT2D eigenvalue weighted by Gasteiger charge is -2.10. The lowest BCUT2D eigenvalue weighted by molar-refractivity contribution is 0.0526. The van der Waals surface area contributed by atoms with Crippen molar-refractivity contribution in [3.8, 4) is 16.9 Å². The van der Waals surface area contributed by atoms with Crippen molar-refractivity contribution in [3.05, 3.63) is 59.0 Å². The molecule has 2 aromatic carbocycles. The molecule has 0 aliphatic heterocycles. The fraction of sp³-hybridized carbons (Fsp3) is 0.111. The van der Waals surface area contributed by atoms with Gasteiger partial charge in [0.15, 0.2) is 11.6 Å². The van der Waals surface area contributed by atoms with Crippen molar-refractivity contribution in [2.75, 3.05) is 6.61 Å². The number of carbonyl (C=O) groups is 1. The van der Waals surface area contributed by atoms with Gasteiger partial charge in [-0.15, -0.1) is 0 Å². The van der Waals surface area contributed by atoms with E-state index in [9.17, 15) is 14.3 Å². The molecule has 6 heteroatoms. The summed E-state index contributed by atoms with van der Waals surface area (Å²) in [5.41, 5.74) is 1.90. The Labute approximate surface area is 142 Å². The molecule has 24 heavy (non-hydrogen) atoms. The number of aromatic nitrogens is 1. The Morgan fingerprint density at radius 2 is 2.12 bits per heavy atom. The minimum Gasteiger partial charge on any atom is -0.505 e. The summed E-state index contributed by atoms with van der Waals surface area (Å²) in [5, 5.41) is 10.1. The fourth-order valence-corrected chi connectivity index (χ4v) is 2.73. The van der Waals surface area contributed by atoms with Crippen LogP contribution in [0.1, 0.15) is 17.3 Å². The first-order valence-electron chi connectivity index (χ1n) is 7.26. The van der Waals surface area contributed by atoms with Gasteiger partial charge in [0.05, 0.1) is 22.7 Å². The summed E-state index contributed by atoms with van der Waals surface area (Å²) in [6.07, 6.45) is 1.35. The number of aromatic hydroxyl groups is 1. The van der Waals surface area contributed by atoms with E-state index in [0.717, 1.165) is 0 Å². The predicted octanol–water partition coefficient (Wildman–Crippen LogP) is 4.58. The molecule has 4 nitrogen and oxygen atoms in total. The van der Waals surface area contributed by atoms with Gasteiger partial charge in [0.1, 0.15) is 0 Å². The fourth-order valence-electron chi connectivity index (χ4n) is 2.45. The molecule has 0 aliphatic carbocycles. The monoisotopic (exact) mass is 345 g/mol. The van der Waals surface area contributed by atoms with Crippen LogP contribution in [-0.2, 0) is 4.74 Å². The molecule has 1 heterocycles. The van der Waals surface area contributed by atoms with E-state index >= 15 is 0 Å². The van der Waals surface area contributed by atoms with Crippen LogP contribution in [0.25, 0.3) is 22.0 Å². The first kappa shape index (κ1) is 16.2. The molecule has 3 rings (SSSR count). The van der Waals surface area contributed by atoms with Crippen LogP contribution in [0.2, 0.25) is 5.02 Å². The van der Waals surface area contributed by atoms with E-state index in [1.165, 1.54) is 18.3 Å². The Kier molecular flexibility index (Phi) is 4.36. The van der Waals surface area contributed by atoms with Crippen molar-refractivity contribution in [2.45, 2.75) is 6.92 Å². The zero-order valence-corrected chi connectivity index (χ0v) is 13.5. The van der Waals surface area contributed by atoms with Crippen molar-refractivity contribution in [2.24, 2.45) is 0 Å². The maximum absolute atomic E-state index is 13.6. The molecule has 3 aromatic rings. The number of para-hydroxylation sites is 1. The van der Waals surface area contributed by atoms with Crippen LogP contribution >= 0.6 is 11.6 Å². The van der Waals surface area contributed by atoms with Gasteiger partial charge in [0, 0.05) is 17.1 Å². The number of carbonyl (C=O) groups excluding carboxylic acids is 1. The Balaban J connectivity index is 2.19. The SMILES string of the molecule is CCOC(=O)c1cnc2c(-c3ccc(O)c(F)c3)cccc2c1Cl. The number of pyridine rings is 1. The summed E-state index contributed by atoms with van der Waals surface area (Å²) in [6.45, 7) is 1.94. The summed E-state index contributed by atoms with van der Waals surface area (Å²) < 4.78 is 18.6. The molecule has 1 N–H and O–H groups in total. The molecule has 122 valence electrons. The van der Waals surface area contributed by atoms with Crippen molar-refractivity contribution < 1.29 is 19.0 Å². The number of benzene rings is 2. The lowest BCUT2D eigenvalue weighted by atomic mass is 10.0. The molecule has 0 spiro atoms. The standard InChI is InChI=1S/C18H13ClFNO3/c1-2-24-18(23)13-9-21-17-11(4-3-5-12(17)16(13)19)10-6-7-15(22)14(20)8-10/h3-9,22H,2H2,1H3. The molecule has 0 aliphatic rings. The normalized spacial score (nSPS) is 10.8. The van der Waals surface area contributed by atoms with Crippen molar-refractivity contribution >= 4 is 28.5 Å². The Morgan fingerprint density at radius 3 is 2.83 bits per heavy atom. The van der Waals surface area contributed by atoms with Crippen LogP contribution in [0, 0.1) is 5.82 Å². The van der Waals surface area contributed by atoms with Crippen molar-refractivity contribution in [3.63, 3.8) is 0 Å². The highest BCUT2D eigenvalue weighted by Crippen LogP contribution is 2.34. The van der Waals surface area contributed by atoms with E-state index in [2.05, 4.69) is 4.98 Å². The van der Waals surface area contributed by atoms with E-state index in [-0.39, 0.29) is 17.2 Å². The molecule has 0 saturated heterocycles. The number of rotatable bonds is 3. The first-order valence-corrected chi connectivity index (χ1v) is 7.64. The van der Waals surface area contributed by atoms with E-state index in [1.807, 2.05) is 0 Å². The second-order valence-electron chi connectivity index (χ2n) is 5.07. The van der Waals surface area contributed by atoms with Gasteiger partial charge in [-0.2, -0.15) is 0 Å². The number of ether oxygens (including phenoxy) is 1. The predicted molar refractivity (Wildman–Crippen MR) is 89.8 cm³/mol. The number of hydrogen-bond donors (Lipinski definition) is 1. The van der Waals surface area contributed by atoms with Gasteiger partial charge in [0.2, 0.25) is 0 Å². The number of phenols is 1. The summed E-state index contributed by atoms with van der Waals surface area (Å²) >= 11 is 6.33. The number of halogens is 2. The highest BCUT2D eigenvalue weighted by Gasteiger charge is 2.17. The van der Waals surface area contributed by atoms with Crippen LogP contribution in [0.4, 0.5) is 4.39 Å². The summed E-state index contributed by atoms with van der Waals surface area (Å²) in [4.78, 5) is 16.2. The largest absolute Gasteiger partial charge is 0.505 e. The molecule has 0 radical (unpaired) electrons. The second kappa shape index (κ2) is 6.45. The average Bonchev–Trinajstić information content (AvgIpc) is 2.57. The molecule has 0 unspecified atom stereocenters. The van der Waals surface area contributed by atoms with Crippen LogP contribution in [0.5, 0.6) is 5.75 Å². The van der Waals surface area contributed by atoms with Crippen LogP contribution < -0.4 is 0 Å². The maximum Gasteiger partial charge on any atom is 0.341 e. The second-order valence-corrected chi connectivity index (χ2v) is 5.45. The molecular weight excluding hydrogens is 333 g/mol. The summed E-state index contributed by atoms with van der Waals surface area (Å²) in [5.74, 6) is -1.69. The number of phenolic OH excluding ortho intramolecular Hbond substituents is 1. The molecule has 0 atom stereocenters. The zero-order valence-electron chi connectivity index (χ0n) is 12.7. The molecule has 1 aromatic heterocycles. The smallest absolute Gasteiger partial charge is 0.341 e. The van der Waals surface area contributed by atoms with E-state index in [0.29, 0.717) is 22.0 Å². The average molecular weight is 346 g/mol. The highest BCUT2D eigenvalue weighted by molar-refractivity contribution is 6.38. The minimum absolute atomic E-state index is 0.181. The highest BCUT2D eigenvalue weighted by atomic mass is 35.5. The molecule has 0 fully saturated rings. The Morgan fingerprint density at radius 1 is 1.33 bits per heavy atom. The quantitative estimate of drug-likeness (QED) is 0.706. The van der Waals surface area contributed by atoms with Crippen LogP contribution in [0.3, 0.4) is 0 Å². The van der Waals surface area contributed by atoms with Gasteiger partial charge < -0.3 is 9.84 Å². The van der Waals surface area contributed by atoms with Crippen molar-refractivity contribution in [1.29, 1.82) is 0 Å².